The number of aryl methyl sites for hydroxylation is 1. The number of anilines is 1. The van der Waals surface area contributed by atoms with Gasteiger partial charge in [0.2, 0.25) is 11.6 Å². The van der Waals surface area contributed by atoms with Crippen molar-refractivity contribution >= 4 is 23.1 Å². The molecule has 1 amide bonds. The third-order valence-electron chi connectivity index (χ3n) is 5.89. The molecule has 0 radical (unpaired) electrons. The Morgan fingerprint density at radius 3 is 2.44 bits per heavy atom. The third-order valence-corrected chi connectivity index (χ3v) is 5.89. The van der Waals surface area contributed by atoms with Crippen LogP contribution in [0.15, 0.2) is 48.9 Å². The molecular formula is C26H26N6O2. The summed E-state index contributed by atoms with van der Waals surface area (Å²) in [5.41, 5.74) is 5.12. The van der Waals surface area contributed by atoms with Crippen LogP contribution in [0.25, 0.3) is 16.1 Å². The molecule has 1 aliphatic rings. The third kappa shape index (κ3) is 5.44. The second kappa shape index (κ2) is 10.2. The molecule has 4 rings (SSSR count). The molecule has 3 aromatic rings. The topological polar surface area (TPSA) is 83.7 Å². The van der Waals surface area contributed by atoms with Crippen molar-refractivity contribution in [3.63, 3.8) is 0 Å². The molecule has 8 heteroatoms. The van der Waals surface area contributed by atoms with Crippen molar-refractivity contribution in [3.8, 4) is 11.3 Å². The first-order valence-electron chi connectivity index (χ1n) is 11.2. The van der Waals surface area contributed by atoms with Crippen LogP contribution in [-0.2, 0) is 22.4 Å². The van der Waals surface area contributed by atoms with Gasteiger partial charge >= 0.3 is 0 Å². The van der Waals surface area contributed by atoms with Gasteiger partial charge in [-0.25, -0.2) is 4.85 Å². The van der Waals surface area contributed by atoms with Crippen LogP contribution in [0.5, 0.6) is 0 Å². The van der Waals surface area contributed by atoms with Gasteiger partial charge in [0.25, 0.3) is 0 Å². The summed E-state index contributed by atoms with van der Waals surface area (Å²) in [5, 5.41) is 0. The Morgan fingerprint density at radius 1 is 1.00 bits per heavy atom. The molecule has 8 nitrogen and oxygen atoms in total. The molecule has 172 valence electrons. The van der Waals surface area contributed by atoms with Crippen molar-refractivity contribution in [1.29, 1.82) is 0 Å². The summed E-state index contributed by atoms with van der Waals surface area (Å²) in [6.07, 6.45) is 5.56. The monoisotopic (exact) mass is 454 g/mol. The Labute approximate surface area is 199 Å². The van der Waals surface area contributed by atoms with Gasteiger partial charge in [-0.1, -0.05) is 0 Å². The van der Waals surface area contributed by atoms with E-state index in [2.05, 4.69) is 24.7 Å². The predicted molar refractivity (Wildman–Crippen MR) is 130 cm³/mol. The molecule has 0 bridgehead atoms. The maximum Gasteiger partial charge on any atom is 0.219 e. The number of piperazine rings is 1. The van der Waals surface area contributed by atoms with E-state index in [4.69, 9.17) is 6.57 Å². The molecule has 0 aromatic carbocycles. The second-order valence-corrected chi connectivity index (χ2v) is 8.40. The van der Waals surface area contributed by atoms with Crippen molar-refractivity contribution in [2.24, 2.45) is 0 Å². The maximum absolute atomic E-state index is 12.7. The minimum absolute atomic E-state index is 0.0144. The fourth-order valence-corrected chi connectivity index (χ4v) is 4.07. The van der Waals surface area contributed by atoms with E-state index < -0.39 is 0 Å². The zero-order valence-corrected chi connectivity index (χ0v) is 19.4. The number of Topliss-reactive ketones (excluding diaryl/α,β-unsaturated/α-hetero) is 1. The van der Waals surface area contributed by atoms with Gasteiger partial charge in [0.15, 0.2) is 0 Å². The highest BCUT2D eigenvalue weighted by Crippen LogP contribution is 2.29. The van der Waals surface area contributed by atoms with Gasteiger partial charge in [0.1, 0.15) is 5.78 Å². The zero-order chi connectivity index (χ0) is 24.1. The van der Waals surface area contributed by atoms with Crippen molar-refractivity contribution in [2.45, 2.75) is 26.7 Å². The molecule has 3 aromatic heterocycles. The highest BCUT2D eigenvalue weighted by molar-refractivity contribution is 5.84. The van der Waals surface area contributed by atoms with Crippen molar-refractivity contribution in [1.82, 2.24) is 19.9 Å². The summed E-state index contributed by atoms with van der Waals surface area (Å²) in [4.78, 5) is 44.9. The number of ketones is 1. The first kappa shape index (κ1) is 23.1. The van der Waals surface area contributed by atoms with E-state index in [0.29, 0.717) is 35.7 Å². The van der Waals surface area contributed by atoms with Crippen molar-refractivity contribution in [3.05, 3.63) is 77.3 Å². The second-order valence-electron chi connectivity index (χ2n) is 8.40. The molecule has 0 aliphatic carbocycles. The summed E-state index contributed by atoms with van der Waals surface area (Å²) in [5.74, 6) is 0.119. The number of rotatable bonds is 6. The highest BCUT2D eigenvalue weighted by Gasteiger charge is 2.19. The fourth-order valence-electron chi connectivity index (χ4n) is 4.07. The van der Waals surface area contributed by atoms with Gasteiger partial charge in [-0.15, -0.1) is 0 Å². The zero-order valence-electron chi connectivity index (χ0n) is 19.4. The first-order chi connectivity index (χ1) is 16.4. The normalized spacial score (nSPS) is 13.4. The van der Waals surface area contributed by atoms with Crippen molar-refractivity contribution in [2.75, 3.05) is 31.1 Å². The number of hydrogen-bond donors (Lipinski definition) is 0. The molecule has 0 N–H and O–H groups in total. The van der Waals surface area contributed by atoms with Crippen molar-refractivity contribution < 1.29 is 9.59 Å². The lowest BCUT2D eigenvalue weighted by atomic mass is 10.0. The number of carbonyl (C=O) groups excluding carboxylic acids is 2. The Kier molecular flexibility index (Phi) is 6.93. The predicted octanol–water partition coefficient (Wildman–Crippen LogP) is 3.42. The quantitative estimate of drug-likeness (QED) is 0.531. The smallest absolute Gasteiger partial charge is 0.219 e. The number of amides is 1. The Hall–Kier alpha value is -4.12. The number of hydrogen-bond acceptors (Lipinski definition) is 6. The van der Waals surface area contributed by atoms with Crippen LogP contribution in [0, 0.1) is 13.5 Å². The Balaban J connectivity index is 1.37. The minimum atomic E-state index is 0.0144. The average molecular weight is 455 g/mol. The van der Waals surface area contributed by atoms with Crippen LogP contribution in [0.2, 0.25) is 0 Å². The molecule has 1 aliphatic heterocycles. The number of carbonyl (C=O) groups is 2. The molecular weight excluding hydrogens is 428 g/mol. The summed E-state index contributed by atoms with van der Waals surface area (Å²) in [6.45, 7) is 14.0. The average Bonchev–Trinajstić information content (AvgIpc) is 2.84. The largest absolute Gasteiger partial charge is 0.367 e. The minimum Gasteiger partial charge on any atom is -0.367 e. The van der Waals surface area contributed by atoms with Gasteiger partial charge in [-0.2, -0.15) is 0 Å². The van der Waals surface area contributed by atoms with Crippen LogP contribution in [0.1, 0.15) is 23.9 Å². The lowest BCUT2D eigenvalue weighted by Gasteiger charge is -2.35. The highest BCUT2D eigenvalue weighted by atomic mass is 16.2. The number of pyridine rings is 3. The van der Waals surface area contributed by atoms with E-state index in [0.717, 1.165) is 30.0 Å². The van der Waals surface area contributed by atoms with E-state index >= 15 is 0 Å². The van der Waals surface area contributed by atoms with Crippen LogP contribution in [0.3, 0.4) is 0 Å². The van der Waals surface area contributed by atoms with E-state index in [1.165, 1.54) is 0 Å². The molecule has 0 saturated carbocycles. The van der Waals surface area contributed by atoms with Gasteiger partial charge in [0.05, 0.1) is 24.2 Å². The fraction of sp³-hybridized carbons (Fsp3) is 0.308. The first-order valence-corrected chi connectivity index (χ1v) is 11.2. The van der Waals surface area contributed by atoms with Crippen LogP contribution < -0.4 is 4.90 Å². The van der Waals surface area contributed by atoms with E-state index in [9.17, 15) is 9.59 Å². The van der Waals surface area contributed by atoms with Gasteiger partial charge in [-0.05, 0) is 48.4 Å². The Bertz CT molecular complexity index is 1240. The van der Waals surface area contributed by atoms with E-state index in [1.54, 1.807) is 31.6 Å². The molecule has 0 spiro atoms. The standard InChI is InChI=1S/C26H26N6O2/c1-18-12-21(6-7-28-18)26-25(27-3)14-20(16-30-26)13-24(34)15-22-4-5-23(17-29-22)32-10-8-31(9-11-32)19(2)33/h4-7,12,14,16-17H,8-11,13,15H2,1-2H3. The molecule has 34 heavy (non-hydrogen) atoms. The summed E-state index contributed by atoms with van der Waals surface area (Å²) >= 11 is 0. The molecule has 4 heterocycles. The van der Waals surface area contributed by atoms with Crippen LogP contribution in [0.4, 0.5) is 11.4 Å². The number of nitrogens with zero attached hydrogens (tertiary/aromatic N) is 6. The molecule has 1 fully saturated rings. The lowest BCUT2D eigenvalue weighted by molar-refractivity contribution is -0.129. The van der Waals surface area contributed by atoms with Crippen LogP contribution in [-0.4, -0.2) is 57.7 Å². The summed E-state index contributed by atoms with van der Waals surface area (Å²) in [7, 11) is 0. The van der Waals surface area contributed by atoms with Gasteiger partial charge < -0.3 is 9.80 Å². The molecule has 0 atom stereocenters. The molecule has 1 saturated heterocycles. The SMILES string of the molecule is [C-]#[N+]c1cc(CC(=O)Cc2ccc(N3CCN(C(C)=O)CC3)cn2)cnc1-c1ccnc(C)c1. The van der Waals surface area contributed by atoms with Gasteiger partial charge in [-0.3, -0.25) is 24.5 Å². The lowest BCUT2D eigenvalue weighted by Crippen LogP contribution is -2.48. The maximum atomic E-state index is 12.7. The summed E-state index contributed by atoms with van der Waals surface area (Å²) in [6, 6.07) is 9.30. The Morgan fingerprint density at radius 2 is 1.79 bits per heavy atom. The molecule has 0 unspecified atom stereocenters. The van der Waals surface area contributed by atoms with E-state index in [1.807, 2.05) is 36.1 Å². The van der Waals surface area contributed by atoms with E-state index in [-0.39, 0.29) is 24.5 Å². The summed E-state index contributed by atoms with van der Waals surface area (Å²) < 4.78 is 0. The van der Waals surface area contributed by atoms with Gasteiger partial charge in [0, 0.05) is 69.7 Å². The number of aromatic nitrogens is 3. The van der Waals surface area contributed by atoms with Crippen LogP contribution >= 0.6 is 0 Å².